The summed E-state index contributed by atoms with van der Waals surface area (Å²) in [5, 5.41) is 9.11. The van der Waals surface area contributed by atoms with Gasteiger partial charge in [0.05, 0.1) is 10.4 Å². The van der Waals surface area contributed by atoms with Gasteiger partial charge >= 0.3 is 0 Å². The number of thiazole rings is 1. The molecule has 0 aliphatic carbocycles. The fourth-order valence-electron chi connectivity index (χ4n) is 2.04. The van der Waals surface area contributed by atoms with Gasteiger partial charge in [-0.05, 0) is 20.8 Å². The van der Waals surface area contributed by atoms with Gasteiger partial charge in [0.2, 0.25) is 5.89 Å². The summed E-state index contributed by atoms with van der Waals surface area (Å²) in [6, 6.07) is -0.0231. The minimum absolute atomic E-state index is 0.0231. The minimum atomic E-state index is -0.0231. The van der Waals surface area contributed by atoms with Gasteiger partial charge in [0.15, 0.2) is 16.6 Å². The van der Waals surface area contributed by atoms with Crippen molar-refractivity contribution in [3.8, 4) is 0 Å². The van der Waals surface area contributed by atoms with E-state index in [1.54, 1.807) is 16.0 Å². The summed E-state index contributed by atoms with van der Waals surface area (Å²) in [4.78, 5) is 11.0. The SMILES string of the molecule is Cc1noc([C@@H](C)N(C)c2nc3c(s2)c(C)nn3C)n1. The summed E-state index contributed by atoms with van der Waals surface area (Å²) in [5.41, 5.74) is 1.91. The molecule has 0 bridgehead atoms. The number of anilines is 1. The first-order valence-electron chi connectivity index (χ1n) is 6.30. The average Bonchev–Trinajstić information content (AvgIpc) is 3.07. The molecule has 1 atom stereocenters. The van der Waals surface area contributed by atoms with E-state index in [2.05, 4.69) is 20.2 Å². The molecule has 0 saturated heterocycles. The van der Waals surface area contributed by atoms with E-state index in [-0.39, 0.29) is 6.04 Å². The molecule has 20 heavy (non-hydrogen) atoms. The standard InChI is InChI=1S/C12H16N6OS/c1-6-9-10(18(5)15-6)14-12(20-9)17(4)7(2)11-13-8(3)16-19-11/h7H,1-5H3/t7-/m1/s1. The highest BCUT2D eigenvalue weighted by Crippen LogP contribution is 2.33. The van der Waals surface area contributed by atoms with Crippen molar-refractivity contribution in [2.45, 2.75) is 26.8 Å². The molecule has 0 aromatic carbocycles. The average molecular weight is 292 g/mol. The molecule has 0 fully saturated rings. The number of nitrogens with zero attached hydrogens (tertiary/aromatic N) is 6. The first-order valence-corrected chi connectivity index (χ1v) is 7.12. The zero-order chi connectivity index (χ0) is 14.4. The number of aromatic nitrogens is 5. The maximum Gasteiger partial charge on any atom is 0.249 e. The largest absolute Gasteiger partial charge is 0.339 e. The highest BCUT2D eigenvalue weighted by molar-refractivity contribution is 7.22. The number of rotatable bonds is 3. The van der Waals surface area contributed by atoms with Gasteiger partial charge in [-0.2, -0.15) is 10.1 Å². The van der Waals surface area contributed by atoms with Crippen LogP contribution in [0.25, 0.3) is 10.3 Å². The first-order chi connectivity index (χ1) is 9.47. The van der Waals surface area contributed by atoms with Gasteiger partial charge in [0.25, 0.3) is 0 Å². The smallest absolute Gasteiger partial charge is 0.249 e. The molecule has 0 spiro atoms. The summed E-state index contributed by atoms with van der Waals surface area (Å²) < 4.78 is 8.15. The van der Waals surface area contributed by atoms with Crippen LogP contribution in [-0.4, -0.2) is 32.0 Å². The number of fused-ring (bicyclic) bond motifs is 1. The molecule has 3 aromatic rings. The summed E-state index contributed by atoms with van der Waals surface area (Å²) in [6.45, 7) is 5.83. The molecular weight excluding hydrogens is 276 g/mol. The molecule has 0 unspecified atom stereocenters. The summed E-state index contributed by atoms with van der Waals surface area (Å²) >= 11 is 1.62. The Labute approximate surface area is 120 Å². The lowest BCUT2D eigenvalue weighted by Crippen LogP contribution is -2.21. The molecule has 8 heteroatoms. The van der Waals surface area contributed by atoms with Gasteiger partial charge in [0.1, 0.15) is 6.04 Å². The Hall–Kier alpha value is -1.96. The zero-order valence-electron chi connectivity index (χ0n) is 12.1. The lowest BCUT2D eigenvalue weighted by Gasteiger charge is -2.20. The third-order valence-corrected chi connectivity index (χ3v) is 4.56. The topological polar surface area (TPSA) is 72.9 Å². The fourth-order valence-corrected chi connectivity index (χ4v) is 3.11. The van der Waals surface area contributed by atoms with Gasteiger partial charge < -0.3 is 9.42 Å². The second-order valence-corrected chi connectivity index (χ2v) is 5.80. The van der Waals surface area contributed by atoms with Crippen LogP contribution in [-0.2, 0) is 7.05 Å². The fraction of sp³-hybridized carbons (Fsp3) is 0.500. The lowest BCUT2D eigenvalue weighted by molar-refractivity contribution is 0.355. The third kappa shape index (κ3) is 1.96. The van der Waals surface area contributed by atoms with Gasteiger partial charge in [-0.1, -0.05) is 16.5 Å². The minimum Gasteiger partial charge on any atom is -0.339 e. The van der Waals surface area contributed by atoms with Crippen LogP contribution in [0.4, 0.5) is 5.13 Å². The van der Waals surface area contributed by atoms with Gasteiger partial charge in [0, 0.05) is 14.1 Å². The van der Waals surface area contributed by atoms with Crippen LogP contribution in [0.1, 0.15) is 30.4 Å². The molecule has 0 aliphatic heterocycles. The summed E-state index contributed by atoms with van der Waals surface area (Å²) in [5.74, 6) is 1.24. The second-order valence-electron chi connectivity index (χ2n) is 4.82. The van der Waals surface area contributed by atoms with Crippen LogP contribution in [0.2, 0.25) is 0 Å². The molecular formula is C12H16N6OS. The summed E-state index contributed by atoms with van der Waals surface area (Å²) in [7, 11) is 3.88. The zero-order valence-corrected chi connectivity index (χ0v) is 12.9. The Bertz CT molecular complexity index is 723. The van der Waals surface area contributed by atoms with E-state index in [4.69, 9.17) is 4.52 Å². The Kier molecular flexibility index (Phi) is 2.97. The highest BCUT2D eigenvalue weighted by Gasteiger charge is 2.22. The predicted molar refractivity (Wildman–Crippen MR) is 77.0 cm³/mol. The summed E-state index contributed by atoms with van der Waals surface area (Å²) in [6.07, 6.45) is 0. The monoisotopic (exact) mass is 292 g/mol. The maximum absolute atomic E-state index is 5.23. The molecule has 0 amide bonds. The van der Waals surface area contributed by atoms with Crippen LogP contribution in [0.15, 0.2) is 4.52 Å². The van der Waals surface area contributed by atoms with Crippen LogP contribution < -0.4 is 4.90 Å². The Morgan fingerprint density at radius 2 is 2.05 bits per heavy atom. The van der Waals surface area contributed by atoms with Crippen LogP contribution in [0.3, 0.4) is 0 Å². The van der Waals surface area contributed by atoms with Crippen molar-refractivity contribution < 1.29 is 4.52 Å². The van der Waals surface area contributed by atoms with E-state index in [1.165, 1.54) is 0 Å². The molecule has 7 nitrogen and oxygen atoms in total. The number of aryl methyl sites for hydroxylation is 3. The van der Waals surface area contributed by atoms with Gasteiger partial charge in [-0.3, -0.25) is 0 Å². The second kappa shape index (κ2) is 4.55. The van der Waals surface area contributed by atoms with Crippen molar-refractivity contribution in [3.05, 3.63) is 17.4 Å². The number of hydrogen-bond donors (Lipinski definition) is 0. The third-order valence-electron chi connectivity index (χ3n) is 3.32. The molecule has 106 valence electrons. The number of hydrogen-bond acceptors (Lipinski definition) is 7. The normalized spacial score (nSPS) is 13.1. The van der Waals surface area contributed by atoms with Crippen molar-refractivity contribution >= 4 is 26.8 Å². The Morgan fingerprint density at radius 3 is 2.65 bits per heavy atom. The first kappa shape index (κ1) is 13.0. The van der Waals surface area contributed by atoms with Crippen molar-refractivity contribution in [2.75, 3.05) is 11.9 Å². The van der Waals surface area contributed by atoms with E-state index < -0.39 is 0 Å². The van der Waals surface area contributed by atoms with Gasteiger partial charge in [-0.25, -0.2) is 9.67 Å². The molecule has 0 N–H and O–H groups in total. The van der Waals surface area contributed by atoms with Gasteiger partial charge in [-0.15, -0.1) is 0 Å². The van der Waals surface area contributed by atoms with Crippen molar-refractivity contribution in [1.82, 2.24) is 24.9 Å². The van der Waals surface area contributed by atoms with E-state index in [0.717, 1.165) is 21.2 Å². The molecule has 3 aromatic heterocycles. The molecule has 0 saturated carbocycles. The Morgan fingerprint density at radius 1 is 1.30 bits per heavy atom. The molecule has 0 radical (unpaired) electrons. The van der Waals surface area contributed by atoms with Crippen molar-refractivity contribution in [1.29, 1.82) is 0 Å². The maximum atomic E-state index is 5.23. The Balaban J connectivity index is 1.95. The van der Waals surface area contributed by atoms with Crippen LogP contribution >= 0.6 is 11.3 Å². The molecule has 3 heterocycles. The van der Waals surface area contributed by atoms with E-state index >= 15 is 0 Å². The molecule has 0 aliphatic rings. The van der Waals surface area contributed by atoms with E-state index in [1.807, 2.05) is 39.8 Å². The van der Waals surface area contributed by atoms with E-state index in [0.29, 0.717) is 11.7 Å². The van der Waals surface area contributed by atoms with Crippen molar-refractivity contribution in [3.63, 3.8) is 0 Å². The molecule has 3 rings (SSSR count). The van der Waals surface area contributed by atoms with Crippen LogP contribution in [0.5, 0.6) is 0 Å². The van der Waals surface area contributed by atoms with Crippen LogP contribution in [0, 0.1) is 13.8 Å². The van der Waals surface area contributed by atoms with E-state index in [9.17, 15) is 0 Å². The quantitative estimate of drug-likeness (QED) is 0.737. The lowest BCUT2D eigenvalue weighted by atomic mass is 10.3. The highest BCUT2D eigenvalue weighted by atomic mass is 32.1. The predicted octanol–water partition coefficient (Wildman–Crippen LogP) is 2.23. The van der Waals surface area contributed by atoms with Crippen molar-refractivity contribution in [2.24, 2.45) is 7.05 Å².